The van der Waals surface area contributed by atoms with E-state index in [1.807, 2.05) is 66.7 Å². The summed E-state index contributed by atoms with van der Waals surface area (Å²) in [5.74, 6) is 1.19. The van der Waals surface area contributed by atoms with Gasteiger partial charge in [-0.15, -0.1) is 0 Å². The van der Waals surface area contributed by atoms with Crippen LogP contribution in [-0.2, 0) is 4.79 Å². The molecule has 0 aromatic heterocycles. The maximum Gasteiger partial charge on any atom is 0.277 e. The van der Waals surface area contributed by atoms with Crippen molar-refractivity contribution in [3.05, 3.63) is 72.3 Å². The minimum atomic E-state index is -0.316. The topological polar surface area (TPSA) is 59.9 Å². The van der Waals surface area contributed by atoms with Gasteiger partial charge in [0.2, 0.25) is 0 Å². The minimum Gasteiger partial charge on any atom is -0.494 e. The molecular formula is C23H24N2O3. The Kier molecular flexibility index (Phi) is 7.01. The Morgan fingerprint density at radius 1 is 1.00 bits per heavy atom. The summed E-state index contributed by atoms with van der Waals surface area (Å²) in [7, 11) is 0. The highest BCUT2D eigenvalue weighted by Crippen LogP contribution is 2.24. The van der Waals surface area contributed by atoms with E-state index < -0.39 is 0 Å². The van der Waals surface area contributed by atoms with Crippen LogP contribution in [-0.4, -0.2) is 25.3 Å². The highest BCUT2D eigenvalue weighted by molar-refractivity contribution is 5.89. The lowest BCUT2D eigenvalue weighted by Gasteiger charge is -2.08. The highest BCUT2D eigenvalue weighted by atomic mass is 16.5. The number of rotatable bonds is 9. The number of ether oxygens (including phenoxy) is 2. The van der Waals surface area contributed by atoms with Gasteiger partial charge >= 0.3 is 0 Å². The molecule has 0 unspecified atom stereocenters. The molecule has 144 valence electrons. The predicted molar refractivity (Wildman–Crippen MR) is 112 cm³/mol. The van der Waals surface area contributed by atoms with Gasteiger partial charge in [-0.1, -0.05) is 49.7 Å². The van der Waals surface area contributed by atoms with Gasteiger partial charge in [0.1, 0.15) is 11.5 Å². The SMILES string of the molecule is CCCCOc1ccc(C=NNC(=O)COc2cccc3ccccc23)cc1. The third-order valence-electron chi connectivity index (χ3n) is 4.16. The molecule has 0 atom stereocenters. The van der Waals surface area contributed by atoms with Gasteiger partial charge in [-0.05, 0) is 47.7 Å². The molecule has 5 heteroatoms. The van der Waals surface area contributed by atoms with Gasteiger partial charge in [0.05, 0.1) is 12.8 Å². The average Bonchev–Trinajstić information content (AvgIpc) is 2.73. The zero-order valence-corrected chi connectivity index (χ0v) is 15.9. The Morgan fingerprint density at radius 2 is 1.79 bits per heavy atom. The maximum atomic E-state index is 12.0. The number of hydrazone groups is 1. The summed E-state index contributed by atoms with van der Waals surface area (Å²) in [6.45, 7) is 2.75. The summed E-state index contributed by atoms with van der Waals surface area (Å²) in [5, 5.41) is 6.02. The number of amides is 1. The van der Waals surface area contributed by atoms with Gasteiger partial charge in [-0.25, -0.2) is 5.43 Å². The molecule has 1 N–H and O–H groups in total. The Bertz CT molecular complexity index is 931. The number of carbonyl (C=O) groups is 1. The zero-order chi connectivity index (χ0) is 19.6. The first kappa shape index (κ1) is 19.4. The van der Waals surface area contributed by atoms with Crippen LogP contribution in [0.3, 0.4) is 0 Å². The van der Waals surface area contributed by atoms with E-state index in [0.29, 0.717) is 5.75 Å². The fourth-order valence-electron chi connectivity index (χ4n) is 2.66. The lowest BCUT2D eigenvalue weighted by molar-refractivity contribution is -0.123. The number of fused-ring (bicyclic) bond motifs is 1. The first-order valence-electron chi connectivity index (χ1n) is 9.41. The molecule has 3 aromatic rings. The van der Waals surface area contributed by atoms with Crippen molar-refractivity contribution >= 4 is 22.9 Å². The van der Waals surface area contributed by atoms with Crippen molar-refractivity contribution in [2.75, 3.05) is 13.2 Å². The molecule has 0 aliphatic heterocycles. The molecule has 0 spiro atoms. The molecule has 28 heavy (non-hydrogen) atoms. The quantitative estimate of drug-likeness (QED) is 0.339. The van der Waals surface area contributed by atoms with Crippen molar-refractivity contribution < 1.29 is 14.3 Å². The Balaban J connectivity index is 1.47. The van der Waals surface area contributed by atoms with E-state index in [0.717, 1.165) is 41.5 Å². The summed E-state index contributed by atoms with van der Waals surface area (Å²) < 4.78 is 11.3. The number of carbonyl (C=O) groups excluding carboxylic acids is 1. The molecule has 3 aromatic carbocycles. The van der Waals surface area contributed by atoms with E-state index >= 15 is 0 Å². The number of hydrogen-bond donors (Lipinski definition) is 1. The van der Waals surface area contributed by atoms with Crippen LogP contribution in [0.5, 0.6) is 11.5 Å². The molecule has 0 fully saturated rings. The van der Waals surface area contributed by atoms with Crippen LogP contribution in [0.1, 0.15) is 25.3 Å². The normalized spacial score (nSPS) is 10.9. The lowest BCUT2D eigenvalue weighted by Crippen LogP contribution is -2.24. The van der Waals surface area contributed by atoms with Crippen molar-refractivity contribution in [3.63, 3.8) is 0 Å². The number of benzene rings is 3. The van der Waals surface area contributed by atoms with Gasteiger partial charge in [-0.2, -0.15) is 5.10 Å². The lowest BCUT2D eigenvalue weighted by atomic mass is 10.1. The molecule has 0 saturated heterocycles. The Labute approximate surface area is 165 Å². The second-order valence-electron chi connectivity index (χ2n) is 6.33. The molecule has 0 heterocycles. The third kappa shape index (κ3) is 5.58. The first-order chi connectivity index (χ1) is 13.8. The number of hydrogen-bond acceptors (Lipinski definition) is 4. The van der Waals surface area contributed by atoms with Crippen LogP contribution in [0.4, 0.5) is 0 Å². The predicted octanol–water partition coefficient (Wildman–Crippen LogP) is 4.55. The Hall–Kier alpha value is -3.34. The van der Waals surface area contributed by atoms with Gasteiger partial charge in [0.15, 0.2) is 6.61 Å². The van der Waals surface area contributed by atoms with E-state index in [2.05, 4.69) is 17.5 Å². The zero-order valence-electron chi connectivity index (χ0n) is 15.9. The van der Waals surface area contributed by atoms with E-state index in [4.69, 9.17) is 9.47 Å². The molecule has 0 aliphatic carbocycles. The van der Waals surface area contributed by atoms with Crippen LogP contribution in [0.2, 0.25) is 0 Å². The van der Waals surface area contributed by atoms with Gasteiger partial charge in [0.25, 0.3) is 5.91 Å². The van der Waals surface area contributed by atoms with Crippen LogP contribution >= 0.6 is 0 Å². The minimum absolute atomic E-state index is 0.102. The summed E-state index contributed by atoms with van der Waals surface area (Å²) in [5.41, 5.74) is 3.35. The van der Waals surface area contributed by atoms with E-state index in [9.17, 15) is 4.79 Å². The van der Waals surface area contributed by atoms with E-state index in [1.165, 1.54) is 0 Å². The van der Waals surface area contributed by atoms with Crippen LogP contribution < -0.4 is 14.9 Å². The first-order valence-corrected chi connectivity index (χ1v) is 9.41. The molecule has 0 saturated carbocycles. The van der Waals surface area contributed by atoms with Gasteiger partial charge in [0, 0.05) is 5.39 Å². The fourth-order valence-corrected chi connectivity index (χ4v) is 2.66. The summed E-state index contributed by atoms with van der Waals surface area (Å²) in [6, 6.07) is 21.2. The smallest absolute Gasteiger partial charge is 0.277 e. The number of nitrogens with zero attached hydrogens (tertiary/aromatic N) is 1. The van der Waals surface area contributed by atoms with Crippen molar-refractivity contribution in [3.8, 4) is 11.5 Å². The Morgan fingerprint density at radius 3 is 2.61 bits per heavy atom. The largest absolute Gasteiger partial charge is 0.494 e. The van der Waals surface area contributed by atoms with E-state index in [-0.39, 0.29) is 12.5 Å². The highest BCUT2D eigenvalue weighted by Gasteiger charge is 2.05. The molecule has 0 bridgehead atoms. The molecular weight excluding hydrogens is 352 g/mol. The van der Waals surface area contributed by atoms with Crippen molar-refractivity contribution in [2.45, 2.75) is 19.8 Å². The van der Waals surface area contributed by atoms with Gasteiger partial charge < -0.3 is 9.47 Å². The second kappa shape index (κ2) is 10.1. The van der Waals surface area contributed by atoms with Crippen molar-refractivity contribution in [1.29, 1.82) is 0 Å². The van der Waals surface area contributed by atoms with Crippen LogP contribution in [0.25, 0.3) is 10.8 Å². The maximum absolute atomic E-state index is 12.0. The third-order valence-corrected chi connectivity index (χ3v) is 4.16. The number of unbranched alkanes of at least 4 members (excludes halogenated alkanes) is 1. The summed E-state index contributed by atoms with van der Waals surface area (Å²) in [6.07, 6.45) is 3.73. The van der Waals surface area contributed by atoms with Crippen LogP contribution in [0.15, 0.2) is 71.8 Å². The summed E-state index contributed by atoms with van der Waals surface area (Å²) in [4.78, 5) is 12.0. The molecule has 3 rings (SSSR count). The van der Waals surface area contributed by atoms with Gasteiger partial charge in [-0.3, -0.25) is 4.79 Å². The second-order valence-corrected chi connectivity index (χ2v) is 6.33. The molecule has 1 amide bonds. The monoisotopic (exact) mass is 376 g/mol. The molecule has 0 radical (unpaired) electrons. The number of nitrogens with one attached hydrogen (secondary N) is 1. The average molecular weight is 376 g/mol. The fraction of sp³-hybridized carbons (Fsp3) is 0.217. The standard InChI is InChI=1S/C23H24N2O3/c1-2-3-15-27-20-13-11-18(12-14-20)16-24-25-23(26)17-28-22-10-6-8-19-7-4-5-9-21(19)22/h4-14,16H,2-3,15,17H2,1H3,(H,25,26). The van der Waals surface area contributed by atoms with E-state index in [1.54, 1.807) is 6.21 Å². The molecule has 5 nitrogen and oxygen atoms in total. The van der Waals surface area contributed by atoms with Crippen molar-refractivity contribution in [1.82, 2.24) is 5.43 Å². The summed E-state index contributed by atoms with van der Waals surface area (Å²) >= 11 is 0. The molecule has 0 aliphatic rings. The van der Waals surface area contributed by atoms with Crippen molar-refractivity contribution in [2.24, 2.45) is 5.10 Å². The van der Waals surface area contributed by atoms with Crippen LogP contribution in [0, 0.1) is 0 Å².